The third-order valence-corrected chi connectivity index (χ3v) is 5.12. The summed E-state index contributed by atoms with van der Waals surface area (Å²) in [5, 5.41) is 0. The molecule has 1 heterocycles. The largest absolute Gasteiger partial charge is 0.271 e. The molecule has 0 spiro atoms. The maximum Gasteiger partial charge on any atom is 0.124 e. The normalized spacial score (nSPS) is 14.5. The van der Waals surface area contributed by atoms with Crippen LogP contribution in [0.15, 0.2) is 4.99 Å². The van der Waals surface area contributed by atoms with Crippen LogP contribution < -0.4 is 0 Å². The smallest absolute Gasteiger partial charge is 0.124 e. The minimum atomic E-state index is 0. The van der Waals surface area contributed by atoms with Gasteiger partial charge in [0.2, 0.25) is 0 Å². The minimum Gasteiger partial charge on any atom is -0.271 e. The second-order valence-corrected chi connectivity index (χ2v) is 6.75. The Hall–Kier alpha value is 0.850. The van der Waals surface area contributed by atoms with E-state index in [0.717, 1.165) is 6.54 Å². The lowest BCUT2D eigenvalue weighted by Crippen LogP contribution is -1.86. The van der Waals surface area contributed by atoms with Crippen LogP contribution in [0.2, 0.25) is 0 Å². The van der Waals surface area contributed by atoms with Crippen molar-refractivity contribution in [3.05, 3.63) is 0 Å². The molecule has 0 fully saturated rings. The first-order chi connectivity index (χ1) is 7.93. The van der Waals surface area contributed by atoms with Crippen molar-refractivity contribution in [1.82, 2.24) is 0 Å². The second kappa shape index (κ2) is 13.3. The first-order valence-electron chi connectivity index (χ1n) is 6.73. The fourth-order valence-corrected chi connectivity index (χ4v) is 3.88. The monoisotopic (exact) mass is 339 g/mol. The Kier molecular flexibility index (Phi) is 13.9. The highest BCUT2D eigenvalue weighted by atomic mass is 79.9. The summed E-state index contributed by atoms with van der Waals surface area (Å²) in [5.41, 5.74) is 0. The highest BCUT2D eigenvalue weighted by molar-refractivity contribution is 8.93. The lowest BCUT2D eigenvalue weighted by molar-refractivity contribution is 0.586. The summed E-state index contributed by atoms with van der Waals surface area (Å²) in [4.78, 5) is 4.45. The number of hydrogen-bond acceptors (Lipinski definition) is 3. The predicted octanol–water partition coefficient (Wildman–Crippen LogP) is 5.54. The van der Waals surface area contributed by atoms with Gasteiger partial charge in [-0.15, -0.1) is 17.0 Å². The van der Waals surface area contributed by atoms with E-state index in [1.807, 2.05) is 23.5 Å². The van der Waals surface area contributed by atoms with Crippen LogP contribution in [-0.2, 0) is 0 Å². The van der Waals surface area contributed by atoms with Gasteiger partial charge in [0.25, 0.3) is 0 Å². The summed E-state index contributed by atoms with van der Waals surface area (Å²) < 4.78 is 1.34. The van der Waals surface area contributed by atoms with Crippen molar-refractivity contribution < 1.29 is 0 Å². The number of halogens is 1. The molecule has 1 aliphatic heterocycles. The molecule has 0 amide bonds. The highest BCUT2D eigenvalue weighted by Gasteiger charge is 2.06. The fraction of sp³-hybridized carbons (Fsp3) is 0.923. The molecule has 4 heteroatoms. The molecule has 0 unspecified atom stereocenters. The van der Waals surface area contributed by atoms with Crippen molar-refractivity contribution in [3.63, 3.8) is 0 Å². The molecule has 102 valence electrons. The summed E-state index contributed by atoms with van der Waals surface area (Å²) in [6, 6.07) is 0. The second-order valence-electron chi connectivity index (χ2n) is 4.32. The summed E-state index contributed by atoms with van der Waals surface area (Å²) in [7, 11) is 0. The first kappa shape index (κ1) is 17.8. The summed E-state index contributed by atoms with van der Waals surface area (Å²) in [5.74, 6) is 2.49. The van der Waals surface area contributed by atoms with Gasteiger partial charge in [-0.3, -0.25) is 4.99 Å². The van der Waals surface area contributed by atoms with Crippen molar-refractivity contribution in [3.8, 4) is 0 Å². The molecular formula is C13H26BrNS2. The molecule has 0 aromatic heterocycles. The van der Waals surface area contributed by atoms with E-state index in [9.17, 15) is 0 Å². The zero-order chi connectivity index (χ0) is 11.5. The molecule has 1 nitrogen and oxygen atoms in total. The van der Waals surface area contributed by atoms with Gasteiger partial charge < -0.3 is 0 Å². The summed E-state index contributed by atoms with van der Waals surface area (Å²) in [6.07, 6.45) is 11.3. The Labute approximate surface area is 126 Å². The zero-order valence-corrected chi connectivity index (χ0v) is 14.3. The molecule has 0 aromatic carbocycles. The number of hydrogen-bond donors (Lipinski definition) is 0. The lowest BCUT2D eigenvalue weighted by atomic mass is 10.1. The van der Waals surface area contributed by atoms with Crippen LogP contribution in [0.25, 0.3) is 0 Å². The van der Waals surface area contributed by atoms with Crippen LogP contribution in [-0.4, -0.2) is 22.4 Å². The molecule has 1 aliphatic rings. The average Bonchev–Trinajstić information content (AvgIpc) is 2.80. The van der Waals surface area contributed by atoms with Crippen molar-refractivity contribution >= 4 is 44.9 Å². The lowest BCUT2D eigenvalue weighted by Gasteiger charge is -2.01. The molecule has 0 atom stereocenters. The minimum absolute atomic E-state index is 0. The molecule has 0 aromatic rings. The van der Waals surface area contributed by atoms with Crippen LogP contribution in [0, 0.1) is 0 Å². The Morgan fingerprint density at radius 2 is 1.71 bits per heavy atom. The van der Waals surface area contributed by atoms with E-state index in [0.29, 0.717) is 0 Å². The van der Waals surface area contributed by atoms with Crippen molar-refractivity contribution in [2.75, 3.05) is 18.1 Å². The van der Waals surface area contributed by atoms with Crippen LogP contribution in [0.4, 0.5) is 0 Å². The van der Waals surface area contributed by atoms with Crippen LogP contribution in [0.5, 0.6) is 0 Å². The Morgan fingerprint density at radius 3 is 2.29 bits per heavy atom. The highest BCUT2D eigenvalue weighted by Crippen LogP contribution is 2.23. The van der Waals surface area contributed by atoms with Crippen molar-refractivity contribution in [2.24, 2.45) is 4.99 Å². The van der Waals surface area contributed by atoms with E-state index in [4.69, 9.17) is 0 Å². The van der Waals surface area contributed by atoms with E-state index in [-0.39, 0.29) is 17.0 Å². The fourth-order valence-electron chi connectivity index (χ4n) is 1.80. The van der Waals surface area contributed by atoms with E-state index in [1.54, 1.807) is 0 Å². The van der Waals surface area contributed by atoms with Gasteiger partial charge in [-0.2, -0.15) is 0 Å². The molecule has 17 heavy (non-hydrogen) atoms. The van der Waals surface area contributed by atoms with Gasteiger partial charge in [0.05, 0.1) is 6.54 Å². The van der Waals surface area contributed by atoms with Crippen molar-refractivity contribution in [2.45, 2.75) is 58.3 Å². The van der Waals surface area contributed by atoms with Gasteiger partial charge in [-0.05, 0) is 12.2 Å². The van der Waals surface area contributed by atoms with Gasteiger partial charge >= 0.3 is 0 Å². The number of aliphatic imine (C=N–C) groups is 1. The molecule has 0 aliphatic carbocycles. The van der Waals surface area contributed by atoms with E-state index >= 15 is 0 Å². The van der Waals surface area contributed by atoms with E-state index in [1.165, 1.54) is 67.2 Å². The molecule has 1 rings (SSSR count). The number of nitrogens with zero attached hydrogens (tertiary/aromatic N) is 1. The Morgan fingerprint density at radius 1 is 1.06 bits per heavy atom. The third-order valence-electron chi connectivity index (χ3n) is 2.78. The SMILES string of the molecule is Br.CCCCCCCCCCSC1=NCCS1. The molecule has 0 saturated carbocycles. The quantitative estimate of drug-likeness (QED) is 0.511. The zero-order valence-electron chi connectivity index (χ0n) is 11.0. The molecular weight excluding hydrogens is 314 g/mol. The van der Waals surface area contributed by atoms with Crippen LogP contribution >= 0.6 is 40.5 Å². The molecule has 0 N–H and O–H groups in total. The Bertz CT molecular complexity index is 198. The summed E-state index contributed by atoms with van der Waals surface area (Å²) in [6.45, 7) is 3.32. The maximum atomic E-state index is 4.45. The van der Waals surface area contributed by atoms with Gasteiger partial charge in [0.1, 0.15) is 4.38 Å². The van der Waals surface area contributed by atoms with Gasteiger partial charge in [-0.25, -0.2) is 0 Å². The summed E-state index contributed by atoms with van der Waals surface area (Å²) >= 11 is 3.90. The predicted molar refractivity (Wildman–Crippen MR) is 90.2 cm³/mol. The first-order valence-corrected chi connectivity index (χ1v) is 8.70. The van der Waals surface area contributed by atoms with Crippen LogP contribution in [0.3, 0.4) is 0 Å². The number of thioether (sulfide) groups is 2. The average molecular weight is 340 g/mol. The molecule has 0 radical (unpaired) electrons. The number of rotatable bonds is 9. The van der Waals surface area contributed by atoms with E-state index in [2.05, 4.69) is 11.9 Å². The van der Waals surface area contributed by atoms with Crippen molar-refractivity contribution in [1.29, 1.82) is 0 Å². The standard InChI is InChI=1S/C13H25NS2.BrH/c1-2-3-4-5-6-7-8-9-11-15-13-14-10-12-16-13;/h2-12H2,1H3;1H. The third kappa shape index (κ3) is 10.5. The molecule has 0 saturated heterocycles. The number of unbranched alkanes of at least 4 members (excludes halogenated alkanes) is 7. The van der Waals surface area contributed by atoms with Gasteiger partial charge in [0, 0.05) is 5.75 Å². The van der Waals surface area contributed by atoms with E-state index < -0.39 is 0 Å². The topological polar surface area (TPSA) is 12.4 Å². The molecule has 0 bridgehead atoms. The van der Waals surface area contributed by atoms with Gasteiger partial charge in [-0.1, -0.05) is 75.4 Å². The van der Waals surface area contributed by atoms with Gasteiger partial charge in [0.15, 0.2) is 0 Å². The maximum absolute atomic E-state index is 4.45. The van der Waals surface area contributed by atoms with Crippen LogP contribution in [0.1, 0.15) is 58.3 Å². The Balaban J connectivity index is 0.00000256.